The summed E-state index contributed by atoms with van der Waals surface area (Å²) in [6, 6.07) is 23.5. The molecule has 0 atom stereocenters. The molecule has 0 aliphatic rings. The number of hydrogen-bond acceptors (Lipinski definition) is 5. The summed E-state index contributed by atoms with van der Waals surface area (Å²) in [5.41, 5.74) is 1.09. The maximum atomic E-state index is 13.7. The number of pyridine rings is 1. The van der Waals surface area contributed by atoms with Gasteiger partial charge in [0.1, 0.15) is 21.7 Å². The van der Waals surface area contributed by atoms with Gasteiger partial charge in [-0.3, -0.25) is 9.36 Å². The Bertz CT molecular complexity index is 1640. The second-order valence-electron chi connectivity index (χ2n) is 7.69. The molecule has 5 aromatic rings. The lowest BCUT2D eigenvalue weighted by molar-refractivity contribution is 0.446. The van der Waals surface area contributed by atoms with Crippen molar-refractivity contribution >= 4 is 22.7 Å². The molecule has 0 aliphatic heterocycles. The lowest BCUT2D eigenvalue weighted by Gasteiger charge is -2.16. The lowest BCUT2D eigenvalue weighted by atomic mass is 10.1. The molecule has 5 nitrogen and oxygen atoms in total. The molecule has 0 unspecified atom stereocenters. The van der Waals surface area contributed by atoms with Crippen molar-refractivity contribution < 1.29 is 13.9 Å². The summed E-state index contributed by atoms with van der Waals surface area (Å²) in [7, 11) is 0. The van der Waals surface area contributed by atoms with Gasteiger partial charge in [0.25, 0.3) is 5.56 Å². The van der Waals surface area contributed by atoms with Crippen molar-refractivity contribution in [3.8, 4) is 22.7 Å². The van der Waals surface area contributed by atoms with Crippen molar-refractivity contribution in [1.29, 1.82) is 0 Å². The molecule has 2 aromatic heterocycles. The molecule has 0 spiro atoms. The molecule has 34 heavy (non-hydrogen) atoms. The van der Waals surface area contributed by atoms with Gasteiger partial charge in [0.15, 0.2) is 5.75 Å². The fourth-order valence-electron chi connectivity index (χ4n) is 3.78. The predicted octanol–water partition coefficient (Wildman–Crippen LogP) is 5.92. The first-order valence-corrected chi connectivity index (χ1v) is 11.3. The molecule has 0 radical (unpaired) electrons. The minimum absolute atomic E-state index is 0.0288. The summed E-state index contributed by atoms with van der Waals surface area (Å²) in [6.45, 7) is 1.88. The van der Waals surface area contributed by atoms with Crippen molar-refractivity contribution in [2.24, 2.45) is 0 Å². The highest BCUT2D eigenvalue weighted by Gasteiger charge is 2.22. The lowest BCUT2D eigenvalue weighted by Crippen LogP contribution is -2.21. The van der Waals surface area contributed by atoms with Crippen LogP contribution in [0.15, 0.2) is 109 Å². The van der Waals surface area contributed by atoms with E-state index in [2.05, 4.69) is 0 Å². The zero-order valence-corrected chi connectivity index (χ0v) is 18.8. The normalized spacial score (nSPS) is 11.1. The summed E-state index contributed by atoms with van der Waals surface area (Å²) in [5, 5.41) is 11.0. The maximum absolute atomic E-state index is 13.7. The van der Waals surface area contributed by atoms with Crippen molar-refractivity contribution in [2.45, 2.75) is 16.7 Å². The van der Waals surface area contributed by atoms with Crippen LogP contribution in [0.2, 0.25) is 0 Å². The van der Waals surface area contributed by atoms with E-state index in [1.54, 1.807) is 18.2 Å². The van der Waals surface area contributed by atoms with Gasteiger partial charge in [0, 0.05) is 16.6 Å². The molecule has 0 aliphatic carbocycles. The zero-order chi connectivity index (χ0) is 23.8. The van der Waals surface area contributed by atoms with Crippen molar-refractivity contribution in [3.05, 3.63) is 117 Å². The van der Waals surface area contributed by atoms with Gasteiger partial charge in [-0.25, -0.2) is 9.18 Å². The Morgan fingerprint density at radius 1 is 0.912 bits per heavy atom. The first-order valence-electron chi connectivity index (χ1n) is 10.4. The first kappa shape index (κ1) is 21.7. The van der Waals surface area contributed by atoms with E-state index >= 15 is 0 Å². The van der Waals surface area contributed by atoms with Crippen LogP contribution in [0.5, 0.6) is 5.75 Å². The number of aromatic nitrogens is 1. The molecule has 2 heterocycles. The van der Waals surface area contributed by atoms with E-state index in [1.165, 1.54) is 28.8 Å². The number of aromatic hydroxyl groups is 1. The summed E-state index contributed by atoms with van der Waals surface area (Å²) in [5.74, 6) is -0.885. The quantitative estimate of drug-likeness (QED) is 0.353. The molecular weight excluding hydrogens is 453 g/mol. The Kier molecular flexibility index (Phi) is 5.55. The van der Waals surface area contributed by atoms with Crippen LogP contribution < -0.4 is 11.2 Å². The SMILES string of the molecule is Cc1ccccc1Sc1c(O)c2c(=O)n(-c3ccc(F)cc3)c(-c3ccccc3)cc2oc1=O. The fourth-order valence-corrected chi connectivity index (χ4v) is 4.70. The Balaban J connectivity index is 1.82. The first-order chi connectivity index (χ1) is 16.4. The van der Waals surface area contributed by atoms with Gasteiger partial charge >= 0.3 is 5.63 Å². The van der Waals surface area contributed by atoms with Crippen LogP contribution in [0.1, 0.15) is 5.56 Å². The summed E-state index contributed by atoms with van der Waals surface area (Å²) in [6.07, 6.45) is 0. The van der Waals surface area contributed by atoms with E-state index < -0.39 is 22.8 Å². The smallest absolute Gasteiger partial charge is 0.354 e. The van der Waals surface area contributed by atoms with E-state index in [0.29, 0.717) is 16.9 Å². The monoisotopic (exact) mass is 471 g/mol. The Labute approximate surface area is 197 Å². The minimum Gasteiger partial charge on any atom is -0.505 e. The molecule has 168 valence electrons. The molecule has 3 aromatic carbocycles. The third-order valence-corrected chi connectivity index (χ3v) is 6.71. The zero-order valence-electron chi connectivity index (χ0n) is 18.0. The van der Waals surface area contributed by atoms with Crippen molar-refractivity contribution in [3.63, 3.8) is 0 Å². The van der Waals surface area contributed by atoms with Crippen molar-refractivity contribution in [1.82, 2.24) is 4.57 Å². The molecule has 0 amide bonds. The van der Waals surface area contributed by atoms with E-state index in [9.17, 15) is 19.1 Å². The number of fused-ring (bicyclic) bond motifs is 1. The van der Waals surface area contributed by atoms with Crippen LogP contribution >= 0.6 is 11.8 Å². The summed E-state index contributed by atoms with van der Waals surface area (Å²) < 4.78 is 20.5. The molecular formula is C27H18FNO4S. The molecule has 5 rings (SSSR count). The van der Waals surface area contributed by atoms with Gasteiger partial charge in [-0.2, -0.15) is 0 Å². The number of aryl methyl sites for hydroxylation is 1. The highest BCUT2D eigenvalue weighted by atomic mass is 32.2. The largest absolute Gasteiger partial charge is 0.505 e. The Hall–Kier alpha value is -4.10. The molecule has 1 N–H and O–H groups in total. The van der Waals surface area contributed by atoms with Gasteiger partial charge in [-0.1, -0.05) is 60.3 Å². The second-order valence-corrected chi connectivity index (χ2v) is 8.74. The van der Waals surface area contributed by atoms with Crippen LogP contribution in [-0.4, -0.2) is 9.67 Å². The standard InChI is InChI=1S/C27H18FNO4S/c1-16-7-5-6-10-22(16)34-25-24(30)23-21(33-27(25)32)15-20(17-8-3-2-4-9-17)29(26(23)31)19-13-11-18(28)12-14-19/h2-15,30H,1H3. The number of halogens is 1. The summed E-state index contributed by atoms with van der Waals surface area (Å²) in [4.78, 5) is 27.3. The third-order valence-electron chi connectivity index (χ3n) is 5.47. The number of benzene rings is 3. The molecule has 7 heteroatoms. The van der Waals surface area contributed by atoms with E-state index in [1.807, 2.05) is 49.4 Å². The minimum atomic E-state index is -0.740. The Morgan fingerprint density at radius 3 is 2.29 bits per heavy atom. The molecule has 0 saturated carbocycles. The highest BCUT2D eigenvalue weighted by molar-refractivity contribution is 7.99. The van der Waals surface area contributed by atoms with E-state index in [-0.39, 0.29) is 15.9 Å². The second kappa shape index (κ2) is 8.68. The number of rotatable bonds is 4. The van der Waals surface area contributed by atoms with Gasteiger partial charge in [-0.05, 0) is 48.4 Å². The van der Waals surface area contributed by atoms with Crippen LogP contribution in [0.25, 0.3) is 27.9 Å². The van der Waals surface area contributed by atoms with E-state index in [4.69, 9.17) is 4.42 Å². The number of hydrogen-bond donors (Lipinski definition) is 1. The number of nitrogens with zero attached hydrogens (tertiary/aromatic N) is 1. The molecule has 0 fully saturated rings. The predicted molar refractivity (Wildman–Crippen MR) is 130 cm³/mol. The van der Waals surface area contributed by atoms with E-state index in [0.717, 1.165) is 22.2 Å². The Morgan fingerprint density at radius 2 is 1.59 bits per heavy atom. The fraction of sp³-hybridized carbons (Fsp3) is 0.0370. The van der Waals surface area contributed by atoms with Crippen LogP contribution in [-0.2, 0) is 0 Å². The average molecular weight is 472 g/mol. The topological polar surface area (TPSA) is 72.4 Å². The molecule has 0 bridgehead atoms. The van der Waals surface area contributed by atoms with Gasteiger partial charge < -0.3 is 9.52 Å². The maximum Gasteiger partial charge on any atom is 0.354 e. The van der Waals surface area contributed by atoms with Gasteiger partial charge in [-0.15, -0.1) is 0 Å². The summed E-state index contributed by atoms with van der Waals surface area (Å²) >= 11 is 1.04. The van der Waals surface area contributed by atoms with Gasteiger partial charge in [0.2, 0.25) is 0 Å². The van der Waals surface area contributed by atoms with Crippen molar-refractivity contribution in [2.75, 3.05) is 0 Å². The van der Waals surface area contributed by atoms with Gasteiger partial charge in [0.05, 0.1) is 5.69 Å². The third kappa shape index (κ3) is 3.80. The van der Waals surface area contributed by atoms with Crippen LogP contribution in [0, 0.1) is 12.7 Å². The average Bonchev–Trinajstić information content (AvgIpc) is 2.84. The molecule has 0 saturated heterocycles. The highest BCUT2D eigenvalue weighted by Crippen LogP contribution is 2.37. The van der Waals surface area contributed by atoms with Crippen LogP contribution in [0.3, 0.4) is 0 Å². The van der Waals surface area contributed by atoms with Crippen LogP contribution in [0.4, 0.5) is 4.39 Å².